The van der Waals surface area contributed by atoms with Gasteiger partial charge in [-0.1, -0.05) is 36.7 Å². The Morgan fingerprint density at radius 1 is 1.07 bits per heavy atom. The second-order valence-corrected chi connectivity index (χ2v) is 8.56. The molecule has 29 heavy (non-hydrogen) atoms. The molecule has 3 rings (SSSR count). The summed E-state index contributed by atoms with van der Waals surface area (Å²) in [6.45, 7) is 6.52. The zero-order chi connectivity index (χ0) is 21.1. The molecule has 1 fully saturated rings. The van der Waals surface area contributed by atoms with Crippen LogP contribution >= 0.6 is 11.6 Å². The summed E-state index contributed by atoms with van der Waals surface area (Å²) in [5.74, 6) is 0.661. The van der Waals surface area contributed by atoms with Crippen molar-refractivity contribution in [2.45, 2.75) is 50.8 Å². The number of nitrogens with zero attached hydrogens (tertiary/aromatic N) is 1. The van der Waals surface area contributed by atoms with E-state index >= 15 is 0 Å². The monoisotopic (exact) mass is 425 g/mol. The van der Waals surface area contributed by atoms with E-state index in [4.69, 9.17) is 16.3 Å². The van der Waals surface area contributed by atoms with E-state index in [0.29, 0.717) is 17.0 Å². The highest BCUT2D eigenvalue weighted by molar-refractivity contribution is 6.30. The number of hydrogen-bond donors (Lipinski definition) is 0. The number of rotatable bonds is 6. The number of ether oxygens (including phenoxy) is 1. The molecule has 0 bridgehead atoms. The van der Waals surface area contributed by atoms with Crippen LogP contribution in [-0.2, 0) is 6.18 Å². The normalized spacial score (nSPS) is 18.4. The molecule has 1 atom stereocenters. The van der Waals surface area contributed by atoms with E-state index in [1.165, 1.54) is 12.1 Å². The Bertz CT molecular complexity index is 799. The molecule has 0 aliphatic carbocycles. The molecule has 0 amide bonds. The smallest absolute Gasteiger partial charge is 0.416 e. The fourth-order valence-electron chi connectivity index (χ4n) is 3.86. The third kappa shape index (κ3) is 5.89. The van der Waals surface area contributed by atoms with Gasteiger partial charge in [-0.05, 0) is 74.5 Å². The van der Waals surface area contributed by atoms with Crippen LogP contribution in [0, 0.1) is 0 Å². The Morgan fingerprint density at radius 3 is 2.31 bits per heavy atom. The minimum atomic E-state index is -4.31. The van der Waals surface area contributed by atoms with Crippen LogP contribution in [0.25, 0.3) is 0 Å². The molecule has 1 aliphatic rings. The van der Waals surface area contributed by atoms with Gasteiger partial charge in [0.25, 0.3) is 0 Å². The highest BCUT2D eigenvalue weighted by Gasteiger charge is 2.35. The summed E-state index contributed by atoms with van der Waals surface area (Å²) < 4.78 is 46.0. The van der Waals surface area contributed by atoms with Gasteiger partial charge in [0, 0.05) is 18.1 Å². The van der Waals surface area contributed by atoms with Crippen molar-refractivity contribution in [1.29, 1.82) is 0 Å². The van der Waals surface area contributed by atoms with Crippen LogP contribution in [0.15, 0.2) is 48.5 Å². The highest BCUT2D eigenvalue weighted by atomic mass is 35.5. The van der Waals surface area contributed by atoms with E-state index in [1.54, 1.807) is 12.1 Å². The molecule has 2 nitrogen and oxygen atoms in total. The van der Waals surface area contributed by atoms with E-state index in [0.717, 1.165) is 38.2 Å². The number of hydrogen-bond acceptors (Lipinski definition) is 2. The third-order valence-corrected chi connectivity index (χ3v) is 6.02. The zero-order valence-electron chi connectivity index (χ0n) is 16.8. The third-order valence-electron chi connectivity index (χ3n) is 5.77. The van der Waals surface area contributed by atoms with Crippen LogP contribution in [0.3, 0.4) is 0 Å². The van der Waals surface area contributed by atoms with Gasteiger partial charge in [-0.15, -0.1) is 0 Å². The highest BCUT2D eigenvalue weighted by Crippen LogP contribution is 2.36. The Kier molecular flexibility index (Phi) is 6.79. The Morgan fingerprint density at radius 2 is 1.69 bits per heavy atom. The van der Waals surface area contributed by atoms with Crippen LogP contribution in [0.2, 0.25) is 5.02 Å². The second-order valence-electron chi connectivity index (χ2n) is 8.12. The maximum atomic E-state index is 13.3. The van der Waals surface area contributed by atoms with Crippen LogP contribution < -0.4 is 4.74 Å². The van der Waals surface area contributed by atoms with Crippen LogP contribution in [0.4, 0.5) is 13.2 Å². The number of alkyl halides is 3. The van der Waals surface area contributed by atoms with Crippen molar-refractivity contribution >= 4 is 11.6 Å². The van der Waals surface area contributed by atoms with Crippen molar-refractivity contribution < 1.29 is 17.9 Å². The molecule has 2 aromatic carbocycles. The topological polar surface area (TPSA) is 12.5 Å². The maximum absolute atomic E-state index is 13.3. The summed E-state index contributed by atoms with van der Waals surface area (Å²) in [5.41, 5.74) is -0.373. The summed E-state index contributed by atoms with van der Waals surface area (Å²) in [7, 11) is 0. The predicted octanol–water partition coefficient (Wildman–Crippen LogP) is 6.79. The molecule has 0 spiro atoms. The van der Waals surface area contributed by atoms with Crippen LogP contribution in [0.5, 0.6) is 5.75 Å². The lowest BCUT2D eigenvalue weighted by molar-refractivity contribution is -0.138. The second kappa shape index (κ2) is 8.97. The van der Waals surface area contributed by atoms with E-state index in [-0.39, 0.29) is 11.5 Å². The number of likely N-dealkylation sites (tertiary alicyclic amines) is 1. The minimum absolute atomic E-state index is 0.147. The van der Waals surface area contributed by atoms with Gasteiger partial charge in [0.05, 0.1) is 5.56 Å². The Labute approximate surface area is 175 Å². The van der Waals surface area contributed by atoms with Crippen molar-refractivity contribution in [1.82, 2.24) is 4.90 Å². The molecule has 2 aromatic rings. The van der Waals surface area contributed by atoms with Gasteiger partial charge in [0.1, 0.15) is 11.4 Å². The lowest BCUT2D eigenvalue weighted by Gasteiger charge is -2.40. The van der Waals surface area contributed by atoms with Gasteiger partial charge in [-0.3, -0.25) is 0 Å². The van der Waals surface area contributed by atoms with Gasteiger partial charge in [-0.2, -0.15) is 13.2 Å². The van der Waals surface area contributed by atoms with E-state index < -0.39 is 11.7 Å². The summed E-state index contributed by atoms with van der Waals surface area (Å²) >= 11 is 5.92. The summed E-state index contributed by atoms with van der Waals surface area (Å²) in [4.78, 5) is 2.32. The van der Waals surface area contributed by atoms with Gasteiger partial charge >= 0.3 is 6.18 Å². The molecule has 0 N–H and O–H groups in total. The summed E-state index contributed by atoms with van der Waals surface area (Å²) in [6.07, 6.45) is -1.86. The fourth-order valence-corrected chi connectivity index (χ4v) is 3.98. The first-order valence-corrected chi connectivity index (χ1v) is 10.4. The average Bonchev–Trinajstić information content (AvgIpc) is 2.68. The lowest BCUT2D eigenvalue weighted by atomic mass is 9.90. The zero-order valence-corrected chi connectivity index (χ0v) is 17.6. The first-order valence-electron chi connectivity index (χ1n) is 9.99. The maximum Gasteiger partial charge on any atom is 0.416 e. The molecular formula is C23H27ClF3NO. The van der Waals surface area contributed by atoms with Crippen molar-refractivity contribution in [3.63, 3.8) is 0 Å². The molecule has 1 heterocycles. The molecule has 6 heteroatoms. The quantitative estimate of drug-likeness (QED) is 0.505. The number of halogens is 4. The molecule has 0 aromatic heterocycles. The van der Waals surface area contributed by atoms with Gasteiger partial charge < -0.3 is 9.64 Å². The van der Waals surface area contributed by atoms with Crippen molar-refractivity contribution in [3.8, 4) is 5.75 Å². The van der Waals surface area contributed by atoms with Crippen molar-refractivity contribution in [3.05, 3.63) is 64.7 Å². The molecule has 158 valence electrons. The molecule has 1 aliphatic heterocycles. The number of piperidine rings is 1. The summed E-state index contributed by atoms with van der Waals surface area (Å²) in [5, 5.41) is 0.679. The molecule has 1 unspecified atom stereocenters. The largest absolute Gasteiger partial charge is 0.487 e. The minimum Gasteiger partial charge on any atom is -0.487 e. The lowest BCUT2D eigenvalue weighted by Crippen LogP contribution is -2.46. The molecule has 0 radical (unpaired) electrons. The fraction of sp³-hybridized carbons (Fsp3) is 0.478. The van der Waals surface area contributed by atoms with E-state index in [2.05, 4.69) is 11.8 Å². The Hall–Kier alpha value is -1.72. The summed E-state index contributed by atoms with van der Waals surface area (Å²) in [6, 6.07) is 13.3. The van der Waals surface area contributed by atoms with Crippen LogP contribution in [0.1, 0.15) is 50.2 Å². The number of benzene rings is 2. The predicted molar refractivity (Wildman–Crippen MR) is 111 cm³/mol. The van der Waals surface area contributed by atoms with Gasteiger partial charge in [-0.25, -0.2) is 0 Å². The molecular weight excluding hydrogens is 399 g/mol. The van der Waals surface area contributed by atoms with Crippen molar-refractivity contribution in [2.24, 2.45) is 0 Å². The van der Waals surface area contributed by atoms with E-state index in [9.17, 15) is 13.2 Å². The SMILES string of the molecule is CC(CCN1CCC(C)(Oc2ccc(Cl)cc2)CC1)c1ccccc1C(F)(F)F. The van der Waals surface area contributed by atoms with E-state index in [1.807, 2.05) is 31.2 Å². The first kappa shape index (κ1) is 22.0. The molecule has 1 saturated heterocycles. The first-order chi connectivity index (χ1) is 13.7. The van der Waals surface area contributed by atoms with Gasteiger partial charge in [0.2, 0.25) is 0 Å². The van der Waals surface area contributed by atoms with Gasteiger partial charge in [0.15, 0.2) is 0 Å². The average molecular weight is 426 g/mol. The van der Waals surface area contributed by atoms with Crippen molar-refractivity contribution in [2.75, 3.05) is 19.6 Å². The standard InChI is InChI=1S/C23H27ClF3NO/c1-17(20-5-3-4-6-21(20)23(25,26)27)11-14-28-15-12-22(2,13-16-28)29-19-9-7-18(24)8-10-19/h3-10,17H,11-16H2,1-2H3. The van der Waals surface area contributed by atoms with Crippen LogP contribution in [-0.4, -0.2) is 30.1 Å². The molecule has 0 saturated carbocycles. The Balaban J connectivity index is 1.52.